The largest absolute Gasteiger partial charge is 0.352 e. The van der Waals surface area contributed by atoms with Crippen LogP contribution in [-0.2, 0) is 39.0 Å². The average Bonchev–Trinajstić information content (AvgIpc) is 2.92. The SMILES string of the molecule is CCc1ccc(N(CCCC(=O)N(Cc2cccc(Br)c2)C(Cc2ccccc2)C(=O)NC(C)C)S(C)(=O)=O)cc1. The Morgan fingerprint density at radius 3 is 2.15 bits per heavy atom. The van der Waals surface area contributed by atoms with Crippen molar-refractivity contribution in [3.63, 3.8) is 0 Å². The van der Waals surface area contributed by atoms with Crippen LogP contribution in [0.3, 0.4) is 0 Å². The monoisotopic (exact) mass is 641 g/mol. The van der Waals surface area contributed by atoms with Crippen LogP contribution in [0.25, 0.3) is 0 Å². The van der Waals surface area contributed by atoms with E-state index in [4.69, 9.17) is 0 Å². The summed E-state index contributed by atoms with van der Waals surface area (Å²) in [5.41, 5.74) is 3.52. The summed E-state index contributed by atoms with van der Waals surface area (Å²) in [5, 5.41) is 2.99. The molecule has 2 amide bonds. The Balaban J connectivity index is 1.87. The number of nitrogens with one attached hydrogen (secondary N) is 1. The second-order valence-corrected chi connectivity index (χ2v) is 13.3. The summed E-state index contributed by atoms with van der Waals surface area (Å²) < 4.78 is 27.5. The van der Waals surface area contributed by atoms with Gasteiger partial charge in [0.1, 0.15) is 6.04 Å². The van der Waals surface area contributed by atoms with Gasteiger partial charge >= 0.3 is 0 Å². The predicted octanol–water partition coefficient (Wildman–Crippen LogP) is 5.72. The third-order valence-electron chi connectivity index (χ3n) is 6.73. The van der Waals surface area contributed by atoms with Crippen LogP contribution >= 0.6 is 15.9 Å². The second-order valence-electron chi connectivity index (χ2n) is 10.5. The Morgan fingerprint density at radius 1 is 0.902 bits per heavy atom. The molecule has 0 bridgehead atoms. The second kappa shape index (κ2) is 15.2. The van der Waals surface area contributed by atoms with Crippen molar-refractivity contribution in [2.75, 3.05) is 17.1 Å². The first-order valence-corrected chi connectivity index (χ1v) is 16.6. The maximum Gasteiger partial charge on any atom is 0.243 e. The zero-order chi connectivity index (χ0) is 30.0. The minimum Gasteiger partial charge on any atom is -0.352 e. The Hall–Kier alpha value is -3.17. The van der Waals surface area contributed by atoms with E-state index in [1.165, 1.54) is 10.6 Å². The molecule has 0 aliphatic heterocycles. The molecule has 3 aromatic rings. The van der Waals surface area contributed by atoms with E-state index in [-0.39, 0.29) is 37.4 Å². The van der Waals surface area contributed by atoms with Crippen LogP contribution in [0, 0.1) is 0 Å². The number of halogens is 1. The van der Waals surface area contributed by atoms with Gasteiger partial charge in [0.25, 0.3) is 0 Å². The molecule has 9 heteroatoms. The van der Waals surface area contributed by atoms with Gasteiger partial charge < -0.3 is 10.2 Å². The van der Waals surface area contributed by atoms with Crippen molar-refractivity contribution in [3.8, 4) is 0 Å². The molecular formula is C32H40BrN3O4S. The highest BCUT2D eigenvalue weighted by Crippen LogP contribution is 2.22. The van der Waals surface area contributed by atoms with Crippen LogP contribution in [0.15, 0.2) is 83.3 Å². The summed E-state index contributed by atoms with van der Waals surface area (Å²) in [7, 11) is -3.55. The number of carbonyl (C=O) groups excluding carboxylic acids is 2. The molecule has 1 N–H and O–H groups in total. The Labute approximate surface area is 253 Å². The molecule has 1 unspecified atom stereocenters. The lowest BCUT2D eigenvalue weighted by molar-refractivity contribution is -0.141. The summed E-state index contributed by atoms with van der Waals surface area (Å²) >= 11 is 3.50. The molecule has 3 rings (SSSR count). The fraction of sp³-hybridized carbons (Fsp3) is 0.375. The molecule has 0 saturated heterocycles. The first-order chi connectivity index (χ1) is 19.5. The smallest absolute Gasteiger partial charge is 0.243 e. The maximum atomic E-state index is 13.9. The Morgan fingerprint density at radius 2 is 1.56 bits per heavy atom. The average molecular weight is 643 g/mol. The van der Waals surface area contributed by atoms with Crippen LogP contribution in [0.2, 0.25) is 0 Å². The first-order valence-electron chi connectivity index (χ1n) is 13.9. The van der Waals surface area contributed by atoms with Crippen molar-refractivity contribution < 1.29 is 18.0 Å². The molecule has 41 heavy (non-hydrogen) atoms. The molecule has 7 nitrogen and oxygen atoms in total. The van der Waals surface area contributed by atoms with Crippen LogP contribution in [0.4, 0.5) is 5.69 Å². The molecule has 1 atom stereocenters. The van der Waals surface area contributed by atoms with Crippen molar-refractivity contribution in [2.24, 2.45) is 0 Å². The predicted molar refractivity (Wildman–Crippen MR) is 169 cm³/mol. The number of benzene rings is 3. The zero-order valence-electron chi connectivity index (χ0n) is 24.2. The third kappa shape index (κ3) is 10.0. The highest BCUT2D eigenvalue weighted by molar-refractivity contribution is 9.10. The number of aryl methyl sites for hydroxylation is 1. The summed E-state index contributed by atoms with van der Waals surface area (Å²) in [6, 6.07) is 23.9. The van der Waals surface area contributed by atoms with Gasteiger partial charge in [0.05, 0.1) is 11.9 Å². The fourth-order valence-corrected chi connectivity index (χ4v) is 6.08. The van der Waals surface area contributed by atoms with E-state index in [1.807, 2.05) is 87.5 Å². The fourth-order valence-electron chi connectivity index (χ4n) is 4.67. The van der Waals surface area contributed by atoms with E-state index in [1.54, 1.807) is 17.0 Å². The number of sulfonamides is 1. The van der Waals surface area contributed by atoms with Gasteiger partial charge in [-0.05, 0) is 67.6 Å². The van der Waals surface area contributed by atoms with Crippen molar-refractivity contribution in [1.82, 2.24) is 10.2 Å². The lowest BCUT2D eigenvalue weighted by atomic mass is 10.0. The molecule has 0 spiro atoms. The number of anilines is 1. The van der Waals surface area contributed by atoms with E-state index in [0.29, 0.717) is 18.5 Å². The topological polar surface area (TPSA) is 86.8 Å². The summed E-state index contributed by atoms with van der Waals surface area (Å²) in [5.74, 6) is -0.430. The molecule has 0 fully saturated rings. The minimum absolute atomic E-state index is 0.0906. The molecule has 0 aliphatic carbocycles. The number of hydrogen-bond acceptors (Lipinski definition) is 4. The summed E-state index contributed by atoms with van der Waals surface area (Å²) in [6.07, 6.45) is 2.79. The molecule has 0 saturated carbocycles. The normalized spacial score (nSPS) is 12.1. The Kier molecular flexibility index (Phi) is 12.0. The van der Waals surface area contributed by atoms with Gasteiger partial charge in [0.15, 0.2) is 0 Å². The maximum absolute atomic E-state index is 13.9. The highest BCUT2D eigenvalue weighted by atomic mass is 79.9. The van der Waals surface area contributed by atoms with E-state index >= 15 is 0 Å². The molecular weight excluding hydrogens is 602 g/mol. The number of amides is 2. The molecule has 3 aromatic carbocycles. The first kappa shape index (κ1) is 32.3. The quantitative estimate of drug-likeness (QED) is 0.244. The minimum atomic E-state index is -3.55. The van der Waals surface area contributed by atoms with Crippen LogP contribution in [-0.4, -0.2) is 50.0 Å². The third-order valence-corrected chi connectivity index (χ3v) is 8.42. The standard InChI is InChI=1S/C32H40BrN3O4S/c1-5-25-16-18-29(19-17-25)36(41(4,39)40)20-10-15-31(37)35(23-27-13-9-14-28(33)21-27)30(32(38)34-24(2)3)22-26-11-7-6-8-12-26/h6-9,11-14,16-19,21,24,30H,5,10,15,20,22-23H2,1-4H3,(H,34,38). The van der Waals surface area contributed by atoms with Gasteiger partial charge in [-0.15, -0.1) is 0 Å². The van der Waals surface area contributed by atoms with Gasteiger partial charge in [-0.2, -0.15) is 0 Å². The molecule has 220 valence electrons. The number of carbonyl (C=O) groups is 2. The van der Waals surface area contributed by atoms with E-state index in [0.717, 1.165) is 27.6 Å². The van der Waals surface area contributed by atoms with Crippen molar-refractivity contribution in [3.05, 3.63) is 100 Å². The molecule has 0 radical (unpaired) electrons. The van der Waals surface area contributed by atoms with Crippen molar-refractivity contribution >= 4 is 43.5 Å². The Bertz CT molecular complexity index is 1400. The van der Waals surface area contributed by atoms with Crippen LogP contribution in [0.1, 0.15) is 50.3 Å². The van der Waals surface area contributed by atoms with Gasteiger partial charge in [-0.1, -0.05) is 77.5 Å². The van der Waals surface area contributed by atoms with Crippen LogP contribution < -0.4 is 9.62 Å². The van der Waals surface area contributed by atoms with Gasteiger partial charge in [-0.25, -0.2) is 8.42 Å². The van der Waals surface area contributed by atoms with E-state index in [9.17, 15) is 18.0 Å². The summed E-state index contributed by atoms with van der Waals surface area (Å²) in [6.45, 7) is 6.23. The van der Waals surface area contributed by atoms with Crippen molar-refractivity contribution in [1.29, 1.82) is 0 Å². The summed E-state index contributed by atoms with van der Waals surface area (Å²) in [4.78, 5) is 29.0. The molecule has 0 aromatic heterocycles. The molecule has 0 heterocycles. The van der Waals surface area contributed by atoms with Gasteiger partial charge in [-0.3, -0.25) is 13.9 Å². The van der Waals surface area contributed by atoms with Crippen LogP contribution in [0.5, 0.6) is 0 Å². The zero-order valence-corrected chi connectivity index (χ0v) is 26.6. The highest BCUT2D eigenvalue weighted by Gasteiger charge is 2.31. The lowest BCUT2D eigenvalue weighted by Gasteiger charge is -2.32. The van der Waals surface area contributed by atoms with E-state index < -0.39 is 16.1 Å². The number of rotatable bonds is 14. The van der Waals surface area contributed by atoms with Crippen molar-refractivity contribution in [2.45, 2.75) is 65.1 Å². The lowest BCUT2D eigenvalue weighted by Crippen LogP contribution is -2.51. The van der Waals surface area contributed by atoms with E-state index in [2.05, 4.69) is 21.2 Å². The van der Waals surface area contributed by atoms with Gasteiger partial charge in [0, 0.05) is 36.4 Å². The molecule has 0 aliphatic rings. The number of nitrogens with zero attached hydrogens (tertiary/aromatic N) is 2. The van der Waals surface area contributed by atoms with Gasteiger partial charge in [0.2, 0.25) is 21.8 Å². The number of hydrogen-bond donors (Lipinski definition) is 1.